The Labute approximate surface area is 205 Å². The first kappa shape index (κ1) is 24.1. The molecule has 0 aliphatic carbocycles. The van der Waals surface area contributed by atoms with Crippen LogP contribution in [0.25, 0.3) is 0 Å². The van der Waals surface area contributed by atoms with Crippen molar-refractivity contribution in [1.82, 2.24) is 5.32 Å². The molecule has 2 amide bonds. The Morgan fingerprint density at radius 1 is 0.914 bits per heavy atom. The first-order valence-electron chi connectivity index (χ1n) is 11.7. The fraction of sp³-hybridized carbons (Fsp3) is 0.286. The fourth-order valence-electron chi connectivity index (χ4n) is 4.24. The Hall–Kier alpha value is -4.00. The molecule has 7 nitrogen and oxygen atoms in total. The molecule has 3 aromatic carbocycles. The number of anilines is 1. The largest absolute Gasteiger partial charge is 0.496 e. The van der Waals surface area contributed by atoms with E-state index in [1.807, 2.05) is 66.7 Å². The van der Waals surface area contributed by atoms with E-state index in [1.165, 1.54) is 0 Å². The van der Waals surface area contributed by atoms with Crippen LogP contribution in [0.15, 0.2) is 72.8 Å². The van der Waals surface area contributed by atoms with Gasteiger partial charge in [-0.15, -0.1) is 0 Å². The van der Waals surface area contributed by atoms with Crippen molar-refractivity contribution in [1.29, 1.82) is 0 Å². The summed E-state index contributed by atoms with van der Waals surface area (Å²) in [5.74, 6) is 1.53. The number of hydrogen-bond donors (Lipinski definition) is 1. The van der Waals surface area contributed by atoms with Gasteiger partial charge in [-0.1, -0.05) is 48.5 Å². The highest BCUT2D eigenvalue weighted by atomic mass is 16.5. The maximum Gasteiger partial charge on any atom is 0.262 e. The summed E-state index contributed by atoms with van der Waals surface area (Å²) in [4.78, 5) is 27.9. The average molecular weight is 475 g/mol. The molecule has 1 aliphatic rings. The van der Waals surface area contributed by atoms with Crippen molar-refractivity contribution in [3.8, 4) is 17.2 Å². The van der Waals surface area contributed by atoms with Crippen molar-refractivity contribution in [3.63, 3.8) is 0 Å². The molecule has 7 heteroatoms. The third-order valence-electron chi connectivity index (χ3n) is 6.04. The van der Waals surface area contributed by atoms with Crippen molar-refractivity contribution >= 4 is 17.5 Å². The van der Waals surface area contributed by atoms with E-state index >= 15 is 0 Å². The number of ether oxygens (including phenoxy) is 3. The molecule has 35 heavy (non-hydrogen) atoms. The van der Waals surface area contributed by atoms with Crippen LogP contribution in [0.2, 0.25) is 0 Å². The van der Waals surface area contributed by atoms with Gasteiger partial charge in [0.25, 0.3) is 5.91 Å². The van der Waals surface area contributed by atoms with E-state index < -0.39 is 6.10 Å². The predicted octanol–water partition coefficient (Wildman–Crippen LogP) is 3.79. The van der Waals surface area contributed by atoms with Gasteiger partial charge < -0.3 is 24.4 Å². The number of nitrogens with zero attached hydrogens (tertiary/aromatic N) is 1. The van der Waals surface area contributed by atoms with Gasteiger partial charge in [-0.2, -0.15) is 0 Å². The second-order valence-electron chi connectivity index (χ2n) is 8.25. The molecule has 1 N–H and O–H groups in total. The molecule has 0 bridgehead atoms. The van der Waals surface area contributed by atoms with Crippen molar-refractivity contribution in [3.05, 3.63) is 83.9 Å². The number of fused-ring (bicyclic) bond motifs is 1. The molecule has 0 fully saturated rings. The molecule has 3 aromatic rings. The number of para-hydroxylation sites is 2. The number of nitrogens with one attached hydrogen (secondary N) is 1. The van der Waals surface area contributed by atoms with E-state index in [0.717, 1.165) is 17.5 Å². The standard InChI is InChI=1S/C28H30N2O5/c1-33-23-13-8-14-24(34-2)21(23)15-16-27(31)30-19-26(35-25-12-7-6-11-22(25)30)28(32)29-18-17-20-9-4-3-5-10-20/h3-14,26H,15-19H2,1-2H3,(H,29,32)/t26-/m1/s1. The lowest BCUT2D eigenvalue weighted by Gasteiger charge is -2.34. The van der Waals surface area contributed by atoms with E-state index in [9.17, 15) is 9.59 Å². The minimum Gasteiger partial charge on any atom is -0.496 e. The van der Waals surface area contributed by atoms with Crippen LogP contribution in [0, 0.1) is 0 Å². The molecule has 1 atom stereocenters. The average Bonchev–Trinajstić information content (AvgIpc) is 2.91. The lowest BCUT2D eigenvalue weighted by Crippen LogP contribution is -2.51. The maximum absolute atomic E-state index is 13.4. The molecule has 0 saturated carbocycles. The molecule has 0 saturated heterocycles. The molecular formula is C28H30N2O5. The van der Waals surface area contributed by atoms with Gasteiger partial charge in [0, 0.05) is 18.5 Å². The minimum absolute atomic E-state index is 0.101. The van der Waals surface area contributed by atoms with Crippen LogP contribution in [0.4, 0.5) is 5.69 Å². The Balaban J connectivity index is 1.44. The zero-order chi connectivity index (χ0) is 24.6. The molecule has 0 spiro atoms. The first-order valence-corrected chi connectivity index (χ1v) is 11.7. The van der Waals surface area contributed by atoms with E-state index in [2.05, 4.69) is 5.32 Å². The van der Waals surface area contributed by atoms with Crippen LogP contribution in [0.5, 0.6) is 17.2 Å². The van der Waals surface area contributed by atoms with Crippen LogP contribution in [0.3, 0.4) is 0 Å². The van der Waals surface area contributed by atoms with Gasteiger partial charge in [-0.05, 0) is 42.7 Å². The zero-order valence-electron chi connectivity index (χ0n) is 20.0. The highest BCUT2D eigenvalue weighted by molar-refractivity contribution is 5.97. The summed E-state index contributed by atoms with van der Waals surface area (Å²) in [7, 11) is 3.19. The summed E-state index contributed by atoms with van der Waals surface area (Å²) in [5, 5.41) is 2.94. The Bertz CT molecular complexity index is 1140. The van der Waals surface area contributed by atoms with Gasteiger partial charge in [-0.3, -0.25) is 9.59 Å². The summed E-state index contributed by atoms with van der Waals surface area (Å²) in [6.07, 6.45) is 0.608. The Morgan fingerprint density at radius 2 is 1.60 bits per heavy atom. The van der Waals surface area contributed by atoms with Gasteiger partial charge in [0.1, 0.15) is 17.2 Å². The number of carbonyl (C=O) groups excluding carboxylic acids is 2. The summed E-state index contributed by atoms with van der Waals surface area (Å²) in [6, 6.07) is 22.8. The third kappa shape index (κ3) is 5.74. The van der Waals surface area contributed by atoms with Crippen LogP contribution in [-0.2, 0) is 22.4 Å². The third-order valence-corrected chi connectivity index (χ3v) is 6.04. The van der Waals surface area contributed by atoms with Crippen LogP contribution in [-0.4, -0.2) is 45.2 Å². The van der Waals surface area contributed by atoms with E-state index in [1.54, 1.807) is 25.2 Å². The molecule has 0 aromatic heterocycles. The molecule has 4 rings (SSSR count). The van der Waals surface area contributed by atoms with Crippen molar-refractivity contribution in [2.45, 2.75) is 25.4 Å². The van der Waals surface area contributed by atoms with Crippen LogP contribution < -0.4 is 24.4 Å². The molecule has 1 heterocycles. The second-order valence-corrected chi connectivity index (χ2v) is 8.25. The van der Waals surface area contributed by atoms with Crippen LogP contribution >= 0.6 is 0 Å². The minimum atomic E-state index is -0.787. The molecule has 182 valence electrons. The highest BCUT2D eigenvalue weighted by Crippen LogP contribution is 2.35. The molecular weight excluding hydrogens is 444 g/mol. The summed E-state index contributed by atoms with van der Waals surface area (Å²) >= 11 is 0. The smallest absolute Gasteiger partial charge is 0.262 e. The lowest BCUT2D eigenvalue weighted by molar-refractivity contribution is -0.128. The zero-order valence-corrected chi connectivity index (χ0v) is 20.0. The maximum atomic E-state index is 13.4. The molecule has 0 unspecified atom stereocenters. The molecule has 1 aliphatic heterocycles. The quantitative estimate of drug-likeness (QED) is 0.511. The van der Waals surface area contributed by atoms with Crippen LogP contribution in [0.1, 0.15) is 17.5 Å². The Morgan fingerprint density at radius 3 is 2.31 bits per heavy atom. The number of methoxy groups -OCH3 is 2. The van der Waals surface area contributed by atoms with Crippen molar-refractivity contribution in [2.75, 3.05) is 32.2 Å². The number of rotatable bonds is 9. The monoisotopic (exact) mass is 474 g/mol. The normalized spacial score (nSPS) is 14.5. The lowest BCUT2D eigenvalue weighted by atomic mass is 10.1. The van der Waals surface area contributed by atoms with Gasteiger partial charge >= 0.3 is 0 Å². The molecule has 0 radical (unpaired) electrons. The SMILES string of the molecule is COc1cccc(OC)c1CCC(=O)N1C[C@H](C(=O)NCCc2ccccc2)Oc2ccccc21. The number of hydrogen-bond acceptors (Lipinski definition) is 5. The number of carbonyl (C=O) groups is 2. The topological polar surface area (TPSA) is 77.1 Å². The predicted molar refractivity (Wildman–Crippen MR) is 134 cm³/mol. The van der Waals surface area contributed by atoms with Gasteiger partial charge in [0.15, 0.2) is 6.10 Å². The summed E-state index contributed by atoms with van der Waals surface area (Å²) in [6.45, 7) is 0.641. The van der Waals surface area contributed by atoms with Gasteiger partial charge in [0.2, 0.25) is 5.91 Å². The number of amides is 2. The summed E-state index contributed by atoms with van der Waals surface area (Å²) < 4.78 is 16.9. The second kappa shape index (κ2) is 11.4. The Kier molecular flexibility index (Phi) is 7.88. The highest BCUT2D eigenvalue weighted by Gasteiger charge is 2.33. The van der Waals surface area contributed by atoms with Gasteiger partial charge in [-0.25, -0.2) is 0 Å². The van der Waals surface area contributed by atoms with E-state index in [4.69, 9.17) is 14.2 Å². The van der Waals surface area contributed by atoms with E-state index in [0.29, 0.717) is 35.9 Å². The number of benzene rings is 3. The first-order chi connectivity index (χ1) is 17.1. The van der Waals surface area contributed by atoms with Crippen molar-refractivity contribution in [2.24, 2.45) is 0 Å². The fourth-order valence-corrected chi connectivity index (χ4v) is 4.24. The van der Waals surface area contributed by atoms with Gasteiger partial charge in [0.05, 0.1) is 26.5 Å². The van der Waals surface area contributed by atoms with Crippen molar-refractivity contribution < 1.29 is 23.8 Å². The summed E-state index contributed by atoms with van der Waals surface area (Å²) in [5.41, 5.74) is 2.65. The van der Waals surface area contributed by atoms with E-state index in [-0.39, 0.29) is 24.8 Å².